The lowest BCUT2D eigenvalue weighted by molar-refractivity contribution is -0.138. The molecule has 0 radical (unpaired) electrons. The van der Waals surface area contributed by atoms with Crippen LogP contribution in [0.5, 0.6) is 5.75 Å². The van der Waals surface area contributed by atoms with Gasteiger partial charge in [0.1, 0.15) is 27.2 Å². The standard InChI is InChI=1S/C30H37N7O4S/c1-21-19-32-28-20-35(15-16-36(21)28)29(38)22-7-9-23(10-8-22)33-30-31-13-11-27(34-30)37-14-12-24-25(37)5-3-6-26(24)41-17-4-18-42(2,39)40/h3,5-6,11-14,19,22-23H,4,7-10,15-18,20H2,1-2H3,(H,31,33,34)/t22-,23-. The Morgan fingerprint density at radius 1 is 1.10 bits per heavy atom. The van der Waals surface area contributed by atoms with E-state index in [1.165, 1.54) is 6.26 Å². The van der Waals surface area contributed by atoms with E-state index in [0.717, 1.165) is 67.0 Å². The van der Waals surface area contributed by atoms with Crippen LogP contribution >= 0.6 is 0 Å². The Hall–Kier alpha value is -3.93. The maximum absolute atomic E-state index is 13.3. The van der Waals surface area contributed by atoms with Gasteiger partial charge < -0.3 is 24.1 Å². The van der Waals surface area contributed by atoms with Gasteiger partial charge in [-0.2, -0.15) is 4.98 Å². The minimum atomic E-state index is -3.01. The molecule has 11 nitrogen and oxygen atoms in total. The van der Waals surface area contributed by atoms with Crippen LogP contribution in [0.2, 0.25) is 0 Å². The van der Waals surface area contributed by atoms with Crippen molar-refractivity contribution in [3.05, 3.63) is 60.4 Å². The summed E-state index contributed by atoms with van der Waals surface area (Å²) < 4.78 is 32.9. The zero-order valence-electron chi connectivity index (χ0n) is 24.1. The average Bonchev–Trinajstić information content (AvgIpc) is 3.59. The minimum Gasteiger partial charge on any atom is -0.493 e. The molecule has 0 spiro atoms. The number of carbonyl (C=O) groups is 1. The van der Waals surface area contributed by atoms with E-state index in [2.05, 4.69) is 26.8 Å². The predicted octanol–water partition coefficient (Wildman–Crippen LogP) is 3.75. The van der Waals surface area contributed by atoms with Crippen molar-refractivity contribution in [2.75, 3.05) is 30.5 Å². The summed E-state index contributed by atoms with van der Waals surface area (Å²) in [6.07, 6.45) is 10.7. The van der Waals surface area contributed by atoms with E-state index in [0.29, 0.717) is 31.3 Å². The molecular formula is C30H37N7O4S. The van der Waals surface area contributed by atoms with Crippen LogP contribution in [0, 0.1) is 12.8 Å². The second-order valence-corrected chi connectivity index (χ2v) is 13.6. The number of fused-ring (bicyclic) bond motifs is 2. The Morgan fingerprint density at radius 2 is 1.93 bits per heavy atom. The number of ether oxygens (including phenoxy) is 1. The van der Waals surface area contributed by atoms with Gasteiger partial charge in [-0.25, -0.2) is 18.4 Å². The number of hydrogen-bond donors (Lipinski definition) is 1. The van der Waals surface area contributed by atoms with Crippen LogP contribution in [0.3, 0.4) is 0 Å². The zero-order chi connectivity index (χ0) is 29.3. The number of nitrogens with one attached hydrogen (secondary N) is 1. The number of aromatic nitrogens is 5. The summed E-state index contributed by atoms with van der Waals surface area (Å²) >= 11 is 0. The van der Waals surface area contributed by atoms with Gasteiger partial charge in [0, 0.05) is 61.0 Å². The molecule has 3 aromatic heterocycles. The SMILES string of the molecule is Cc1cnc2n1CCN(C(=O)[C@H]1CC[C@H](Nc3nccc(-n4ccc5c(OCCCS(C)(=O)=O)cccc54)n3)CC1)C2. The van der Waals surface area contributed by atoms with Crippen LogP contribution < -0.4 is 10.1 Å². The Bertz CT molecular complexity index is 1690. The molecule has 0 saturated heterocycles. The second kappa shape index (κ2) is 11.7. The van der Waals surface area contributed by atoms with Crippen molar-refractivity contribution in [2.45, 2.75) is 58.2 Å². The van der Waals surface area contributed by atoms with Crippen LogP contribution in [0.25, 0.3) is 16.7 Å². The highest BCUT2D eigenvalue weighted by atomic mass is 32.2. The van der Waals surface area contributed by atoms with Gasteiger partial charge in [-0.05, 0) is 63.3 Å². The highest BCUT2D eigenvalue weighted by Crippen LogP contribution is 2.30. The van der Waals surface area contributed by atoms with Crippen molar-refractivity contribution in [1.29, 1.82) is 0 Å². The van der Waals surface area contributed by atoms with Crippen LogP contribution in [0.1, 0.15) is 43.6 Å². The number of hydrogen-bond acceptors (Lipinski definition) is 8. The first-order chi connectivity index (χ1) is 20.2. The molecular weight excluding hydrogens is 554 g/mol. The summed E-state index contributed by atoms with van der Waals surface area (Å²) in [5.74, 6) is 3.38. The number of anilines is 1. The summed E-state index contributed by atoms with van der Waals surface area (Å²) in [6, 6.07) is 9.87. The van der Waals surface area contributed by atoms with Crippen LogP contribution in [0.15, 0.2) is 48.9 Å². The zero-order valence-corrected chi connectivity index (χ0v) is 24.9. The lowest BCUT2D eigenvalue weighted by Crippen LogP contribution is -2.43. The Kier molecular flexibility index (Phi) is 7.89. The summed E-state index contributed by atoms with van der Waals surface area (Å²) in [6.45, 7) is 4.54. The number of benzene rings is 1. The van der Waals surface area contributed by atoms with Crippen molar-refractivity contribution < 1.29 is 17.9 Å². The van der Waals surface area contributed by atoms with Gasteiger partial charge in [-0.1, -0.05) is 6.07 Å². The Morgan fingerprint density at radius 3 is 2.74 bits per heavy atom. The molecule has 1 saturated carbocycles. The molecule has 42 heavy (non-hydrogen) atoms. The monoisotopic (exact) mass is 591 g/mol. The van der Waals surface area contributed by atoms with Gasteiger partial charge in [-0.3, -0.25) is 4.79 Å². The fourth-order valence-corrected chi connectivity index (χ4v) is 6.69. The quantitative estimate of drug-likeness (QED) is 0.292. The van der Waals surface area contributed by atoms with E-state index >= 15 is 0 Å². The molecule has 4 aromatic rings. The summed E-state index contributed by atoms with van der Waals surface area (Å²) in [7, 11) is -3.01. The smallest absolute Gasteiger partial charge is 0.226 e. The van der Waals surface area contributed by atoms with Gasteiger partial charge in [-0.15, -0.1) is 0 Å². The summed E-state index contributed by atoms with van der Waals surface area (Å²) in [5, 5.41) is 4.43. The lowest BCUT2D eigenvalue weighted by Gasteiger charge is -2.34. The van der Waals surface area contributed by atoms with E-state index in [1.807, 2.05) is 52.2 Å². The van der Waals surface area contributed by atoms with E-state index < -0.39 is 9.84 Å². The van der Waals surface area contributed by atoms with Crippen molar-refractivity contribution in [1.82, 2.24) is 29.0 Å². The highest BCUT2D eigenvalue weighted by molar-refractivity contribution is 7.90. The maximum Gasteiger partial charge on any atom is 0.226 e. The first-order valence-corrected chi connectivity index (χ1v) is 16.6. The van der Waals surface area contributed by atoms with E-state index in [4.69, 9.17) is 9.72 Å². The van der Waals surface area contributed by atoms with Crippen molar-refractivity contribution in [3.8, 4) is 11.6 Å². The normalized spacial score (nSPS) is 19.0. The van der Waals surface area contributed by atoms with E-state index in [1.54, 1.807) is 6.20 Å². The summed E-state index contributed by atoms with van der Waals surface area (Å²) in [5.41, 5.74) is 2.09. The highest BCUT2D eigenvalue weighted by Gasteiger charge is 2.32. The van der Waals surface area contributed by atoms with Gasteiger partial charge in [0.15, 0.2) is 0 Å². The van der Waals surface area contributed by atoms with Gasteiger partial charge >= 0.3 is 0 Å². The molecule has 1 aromatic carbocycles. The molecule has 1 aliphatic carbocycles. The number of sulfone groups is 1. The van der Waals surface area contributed by atoms with Crippen molar-refractivity contribution >= 4 is 32.6 Å². The fourth-order valence-electron chi connectivity index (χ4n) is 6.05. The van der Waals surface area contributed by atoms with Crippen LogP contribution in [-0.4, -0.2) is 74.5 Å². The molecule has 1 N–H and O–H groups in total. The van der Waals surface area contributed by atoms with E-state index in [9.17, 15) is 13.2 Å². The molecule has 0 atom stereocenters. The number of aryl methyl sites for hydroxylation is 1. The van der Waals surface area contributed by atoms with E-state index in [-0.39, 0.29) is 23.6 Å². The molecule has 6 rings (SSSR count). The third kappa shape index (κ3) is 6.13. The Balaban J connectivity index is 1.06. The largest absolute Gasteiger partial charge is 0.493 e. The topological polar surface area (TPSA) is 124 Å². The molecule has 0 unspecified atom stereocenters. The fraction of sp³-hybridized carbons (Fsp3) is 0.467. The second-order valence-electron chi connectivity index (χ2n) is 11.4. The molecule has 12 heteroatoms. The van der Waals surface area contributed by atoms with Crippen LogP contribution in [0.4, 0.5) is 5.95 Å². The molecule has 1 amide bonds. The lowest BCUT2D eigenvalue weighted by atomic mass is 9.85. The van der Waals surface area contributed by atoms with Crippen molar-refractivity contribution in [3.63, 3.8) is 0 Å². The van der Waals surface area contributed by atoms with Crippen molar-refractivity contribution in [2.24, 2.45) is 5.92 Å². The average molecular weight is 592 g/mol. The summed E-state index contributed by atoms with van der Waals surface area (Å²) in [4.78, 5) is 29.0. The Labute approximate surface area is 245 Å². The number of imidazole rings is 1. The maximum atomic E-state index is 13.3. The van der Waals surface area contributed by atoms with Crippen LogP contribution in [-0.2, 0) is 27.7 Å². The predicted molar refractivity (Wildman–Crippen MR) is 160 cm³/mol. The number of amides is 1. The molecule has 2 aliphatic rings. The van der Waals surface area contributed by atoms with Gasteiger partial charge in [0.25, 0.3) is 0 Å². The first-order valence-electron chi connectivity index (χ1n) is 14.6. The molecule has 4 heterocycles. The van der Waals surface area contributed by atoms with Gasteiger partial charge in [0.05, 0.1) is 24.4 Å². The number of rotatable bonds is 9. The molecule has 1 aliphatic heterocycles. The third-order valence-corrected chi connectivity index (χ3v) is 9.31. The minimum absolute atomic E-state index is 0.0481. The third-order valence-electron chi connectivity index (χ3n) is 8.28. The number of carbonyl (C=O) groups excluding carboxylic acids is 1. The number of nitrogens with zero attached hydrogens (tertiary/aromatic N) is 6. The first kappa shape index (κ1) is 28.2. The molecule has 222 valence electrons. The van der Waals surface area contributed by atoms with Gasteiger partial charge in [0.2, 0.25) is 11.9 Å². The molecule has 1 fully saturated rings. The molecule has 0 bridgehead atoms.